The summed E-state index contributed by atoms with van der Waals surface area (Å²) in [5, 5.41) is 11.6. The summed E-state index contributed by atoms with van der Waals surface area (Å²) in [6, 6.07) is -0.661. The first-order valence-corrected chi connectivity index (χ1v) is 5.70. The van der Waals surface area contributed by atoms with Gasteiger partial charge in [-0.25, -0.2) is 4.79 Å². The number of carboxylic acids is 1. The number of hydrogen-bond acceptors (Lipinski definition) is 2. The molecule has 15 heavy (non-hydrogen) atoms. The normalized spacial score (nSPS) is 22.9. The first-order chi connectivity index (χ1) is 7.16. The maximum Gasteiger partial charge on any atom is 0.326 e. The third-order valence-electron chi connectivity index (χ3n) is 3.36. The van der Waals surface area contributed by atoms with Crippen LogP contribution in [-0.4, -0.2) is 23.0 Å². The van der Waals surface area contributed by atoms with E-state index in [1.807, 2.05) is 0 Å². The molecular formula is C11H17NO3. The van der Waals surface area contributed by atoms with Crippen LogP contribution in [0.15, 0.2) is 0 Å². The Kier molecular flexibility index (Phi) is 2.93. The Hall–Kier alpha value is -1.06. The van der Waals surface area contributed by atoms with Gasteiger partial charge in [-0.05, 0) is 25.2 Å². The largest absolute Gasteiger partial charge is 0.480 e. The Bertz CT molecular complexity index is 269. The van der Waals surface area contributed by atoms with E-state index in [1.165, 1.54) is 0 Å². The van der Waals surface area contributed by atoms with Crippen molar-refractivity contribution >= 4 is 11.9 Å². The van der Waals surface area contributed by atoms with E-state index in [1.54, 1.807) is 0 Å². The van der Waals surface area contributed by atoms with Gasteiger partial charge in [-0.15, -0.1) is 0 Å². The lowest BCUT2D eigenvalue weighted by Crippen LogP contribution is -2.45. The number of amides is 1. The summed E-state index contributed by atoms with van der Waals surface area (Å²) in [6.07, 6.45) is 5.77. The van der Waals surface area contributed by atoms with Gasteiger partial charge in [0.05, 0.1) is 0 Å². The van der Waals surface area contributed by atoms with Gasteiger partial charge >= 0.3 is 5.97 Å². The van der Waals surface area contributed by atoms with Gasteiger partial charge in [-0.3, -0.25) is 4.79 Å². The van der Waals surface area contributed by atoms with Gasteiger partial charge in [0.15, 0.2) is 0 Å². The zero-order valence-corrected chi connectivity index (χ0v) is 8.74. The molecule has 0 heterocycles. The standard InChI is InChI=1S/C11H17NO3/c13-10(8-2-1-3-8)12-9(11(14)15)6-7-4-5-7/h7-9H,1-6H2,(H,12,13)(H,14,15). The Labute approximate surface area is 89.0 Å². The molecule has 2 saturated carbocycles. The van der Waals surface area contributed by atoms with Crippen LogP contribution in [0.25, 0.3) is 0 Å². The molecule has 4 heteroatoms. The molecular weight excluding hydrogens is 194 g/mol. The van der Waals surface area contributed by atoms with E-state index in [0.29, 0.717) is 12.3 Å². The van der Waals surface area contributed by atoms with E-state index in [-0.39, 0.29) is 11.8 Å². The molecule has 2 fully saturated rings. The maximum absolute atomic E-state index is 11.6. The minimum atomic E-state index is -0.894. The topological polar surface area (TPSA) is 66.4 Å². The maximum atomic E-state index is 11.6. The summed E-state index contributed by atoms with van der Waals surface area (Å²) in [7, 11) is 0. The Morgan fingerprint density at radius 3 is 2.33 bits per heavy atom. The molecule has 0 aromatic heterocycles. The number of rotatable bonds is 5. The van der Waals surface area contributed by atoms with Crippen LogP contribution in [0, 0.1) is 11.8 Å². The average Bonchev–Trinajstić information content (AvgIpc) is 2.83. The molecule has 1 atom stereocenters. The van der Waals surface area contributed by atoms with Gasteiger partial charge in [0.1, 0.15) is 6.04 Å². The second-order valence-electron chi connectivity index (χ2n) is 4.71. The molecule has 0 saturated heterocycles. The lowest BCUT2D eigenvalue weighted by Gasteiger charge is -2.26. The first-order valence-electron chi connectivity index (χ1n) is 5.70. The predicted molar refractivity (Wildman–Crippen MR) is 54.2 cm³/mol. The van der Waals surface area contributed by atoms with Gasteiger partial charge in [-0.2, -0.15) is 0 Å². The molecule has 0 aliphatic heterocycles. The summed E-state index contributed by atoms with van der Waals surface area (Å²) in [6.45, 7) is 0. The molecule has 2 aliphatic carbocycles. The first kappa shape index (κ1) is 10.5. The zero-order chi connectivity index (χ0) is 10.8. The fraction of sp³-hybridized carbons (Fsp3) is 0.818. The molecule has 1 unspecified atom stereocenters. The average molecular weight is 211 g/mol. The smallest absolute Gasteiger partial charge is 0.326 e. The monoisotopic (exact) mass is 211 g/mol. The highest BCUT2D eigenvalue weighted by molar-refractivity contribution is 5.85. The second kappa shape index (κ2) is 4.21. The van der Waals surface area contributed by atoms with Crippen LogP contribution in [0.3, 0.4) is 0 Å². The summed E-state index contributed by atoms with van der Waals surface area (Å²) in [4.78, 5) is 22.5. The van der Waals surface area contributed by atoms with Gasteiger partial charge in [-0.1, -0.05) is 19.3 Å². The van der Waals surface area contributed by atoms with Crippen molar-refractivity contribution in [2.75, 3.05) is 0 Å². The Morgan fingerprint density at radius 2 is 1.93 bits per heavy atom. The molecule has 1 amide bonds. The number of carbonyl (C=O) groups is 2. The quantitative estimate of drug-likeness (QED) is 0.717. The molecule has 84 valence electrons. The van der Waals surface area contributed by atoms with Crippen molar-refractivity contribution in [3.05, 3.63) is 0 Å². The molecule has 0 spiro atoms. The molecule has 0 aromatic rings. The van der Waals surface area contributed by atoms with Crippen LogP contribution < -0.4 is 5.32 Å². The number of aliphatic carboxylic acids is 1. The third kappa shape index (κ3) is 2.70. The number of nitrogens with one attached hydrogen (secondary N) is 1. The van der Waals surface area contributed by atoms with E-state index in [4.69, 9.17) is 5.11 Å². The molecule has 0 bridgehead atoms. The number of hydrogen-bond donors (Lipinski definition) is 2. The Balaban J connectivity index is 1.81. The van der Waals surface area contributed by atoms with E-state index in [9.17, 15) is 9.59 Å². The molecule has 2 aliphatic rings. The van der Waals surface area contributed by atoms with Crippen molar-refractivity contribution in [3.8, 4) is 0 Å². The van der Waals surface area contributed by atoms with Crippen LogP contribution in [0.5, 0.6) is 0 Å². The Morgan fingerprint density at radius 1 is 1.27 bits per heavy atom. The second-order valence-corrected chi connectivity index (χ2v) is 4.71. The molecule has 2 rings (SSSR count). The van der Waals surface area contributed by atoms with Crippen LogP contribution in [0.1, 0.15) is 38.5 Å². The lowest BCUT2D eigenvalue weighted by molar-refractivity contribution is -0.143. The van der Waals surface area contributed by atoms with Crippen molar-refractivity contribution < 1.29 is 14.7 Å². The van der Waals surface area contributed by atoms with Gasteiger partial charge in [0.2, 0.25) is 5.91 Å². The van der Waals surface area contributed by atoms with Crippen molar-refractivity contribution in [2.45, 2.75) is 44.6 Å². The van der Waals surface area contributed by atoms with Crippen molar-refractivity contribution in [2.24, 2.45) is 11.8 Å². The molecule has 0 aromatic carbocycles. The highest BCUT2D eigenvalue weighted by Crippen LogP contribution is 2.34. The van der Waals surface area contributed by atoms with Crippen molar-refractivity contribution in [3.63, 3.8) is 0 Å². The van der Waals surface area contributed by atoms with E-state index in [2.05, 4.69) is 5.32 Å². The summed E-state index contributed by atoms with van der Waals surface area (Å²) >= 11 is 0. The number of carboxylic acid groups (broad SMARTS) is 1. The fourth-order valence-corrected chi connectivity index (χ4v) is 1.87. The molecule has 4 nitrogen and oxygen atoms in total. The number of carbonyl (C=O) groups excluding carboxylic acids is 1. The van der Waals surface area contributed by atoms with Gasteiger partial charge in [0.25, 0.3) is 0 Å². The SMILES string of the molecule is O=C(NC(CC1CC1)C(=O)O)C1CCC1. The minimum Gasteiger partial charge on any atom is -0.480 e. The van der Waals surface area contributed by atoms with Crippen LogP contribution in [-0.2, 0) is 9.59 Å². The van der Waals surface area contributed by atoms with Crippen LogP contribution >= 0.6 is 0 Å². The lowest BCUT2D eigenvalue weighted by atomic mass is 9.84. The summed E-state index contributed by atoms with van der Waals surface area (Å²) < 4.78 is 0. The van der Waals surface area contributed by atoms with Gasteiger partial charge in [0, 0.05) is 5.92 Å². The zero-order valence-electron chi connectivity index (χ0n) is 8.74. The summed E-state index contributed by atoms with van der Waals surface area (Å²) in [5.41, 5.74) is 0. The van der Waals surface area contributed by atoms with Crippen molar-refractivity contribution in [1.82, 2.24) is 5.32 Å². The highest BCUT2D eigenvalue weighted by atomic mass is 16.4. The van der Waals surface area contributed by atoms with E-state index in [0.717, 1.165) is 32.1 Å². The van der Waals surface area contributed by atoms with E-state index < -0.39 is 12.0 Å². The summed E-state index contributed by atoms with van der Waals surface area (Å²) in [5.74, 6) is -0.359. The fourth-order valence-electron chi connectivity index (χ4n) is 1.87. The third-order valence-corrected chi connectivity index (χ3v) is 3.36. The molecule has 2 N–H and O–H groups in total. The van der Waals surface area contributed by atoms with Crippen molar-refractivity contribution in [1.29, 1.82) is 0 Å². The van der Waals surface area contributed by atoms with Crippen LogP contribution in [0.2, 0.25) is 0 Å². The van der Waals surface area contributed by atoms with E-state index >= 15 is 0 Å². The van der Waals surface area contributed by atoms with Gasteiger partial charge < -0.3 is 10.4 Å². The predicted octanol–water partition coefficient (Wildman–Crippen LogP) is 1.16. The highest BCUT2D eigenvalue weighted by Gasteiger charge is 2.33. The minimum absolute atomic E-state index is 0.0608. The van der Waals surface area contributed by atoms with Crippen LogP contribution in [0.4, 0.5) is 0 Å². The molecule has 0 radical (unpaired) electrons.